The van der Waals surface area contributed by atoms with Crippen molar-refractivity contribution in [1.29, 1.82) is 0 Å². The molecule has 0 aromatic heterocycles. The molecule has 0 aliphatic rings. The normalized spacial score (nSPS) is 16.2. The highest BCUT2D eigenvalue weighted by Crippen LogP contribution is 2.21. The fourth-order valence-electron chi connectivity index (χ4n) is 2.07. The molecule has 0 aliphatic heterocycles. The van der Waals surface area contributed by atoms with Crippen LogP contribution in [0, 0.1) is 0 Å². The molecule has 0 amide bonds. The zero-order valence-electron chi connectivity index (χ0n) is 11.3. The number of halogens is 1. The van der Waals surface area contributed by atoms with E-state index in [1.54, 1.807) is 6.26 Å². The number of nitrogens with one attached hydrogen (secondary N) is 1. The molecule has 3 atom stereocenters. The summed E-state index contributed by atoms with van der Waals surface area (Å²) in [5, 5.41) is 4.31. The van der Waals surface area contributed by atoms with Gasteiger partial charge in [0.05, 0.1) is 0 Å². The molecule has 4 heteroatoms. The van der Waals surface area contributed by atoms with Crippen LogP contribution in [0.2, 0.25) is 5.02 Å². The van der Waals surface area contributed by atoms with Gasteiger partial charge in [-0.1, -0.05) is 37.1 Å². The van der Waals surface area contributed by atoms with Crippen LogP contribution in [0.15, 0.2) is 24.3 Å². The minimum absolute atomic E-state index is 0.253. The number of hydrogen-bond acceptors (Lipinski definition) is 2. The Bertz CT molecular complexity index is 380. The van der Waals surface area contributed by atoms with Crippen LogP contribution >= 0.6 is 11.6 Å². The van der Waals surface area contributed by atoms with Gasteiger partial charge < -0.3 is 5.32 Å². The lowest BCUT2D eigenvalue weighted by atomic mass is 10.0. The largest absolute Gasteiger partial charge is 0.307 e. The van der Waals surface area contributed by atoms with Gasteiger partial charge in [-0.2, -0.15) is 0 Å². The molecule has 2 nitrogen and oxygen atoms in total. The predicted molar refractivity (Wildman–Crippen MR) is 80.6 cm³/mol. The van der Waals surface area contributed by atoms with Crippen molar-refractivity contribution in [3.05, 3.63) is 34.9 Å². The smallest absolute Gasteiger partial charge is 0.0406 e. The first-order valence-corrected chi connectivity index (χ1v) is 8.45. The first kappa shape index (κ1) is 15.7. The van der Waals surface area contributed by atoms with E-state index in [2.05, 4.69) is 31.3 Å². The van der Waals surface area contributed by atoms with Gasteiger partial charge in [0.15, 0.2) is 0 Å². The average molecular weight is 288 g/mol. The minimum atomic E-state index is -0.760. The van der Waals surface area contributed by atoms with Crippen LogP contribution in [0.4, 0.5) is 0 Å². The van der Waals surface area contributed by atoms with E-state index in [4.69, 9.17) is 11.6 Å². The standard InChI is InChI=1S/C14H22ClNOS/c1-4-5-14(16-11(2)10-18(3)17)12-6-8-13(15)9-7-12/h6-9,11,14,16H,4-5,10H2,1-3H3. The molecule has 18 heavy (non-hydrogen) atoms. The molecule has 0 aliphatic carbocycles. The Morgan fingerprint density at radius 2 is 1.94 bits per heavy atom. The molecular weight excluding hydrogens is 266 g/mol. The Kier molecular flexibility index (Phi) is 6.90. The Morgan fingerprint density at radius 3 is 2.44 bits per heavy atom. The highest BCUT2D eigenvalue weighted by molar-refractivity contribution is 7.84. The van der Waals surface area contributed by atoms with Gasteiger partial charge in [-0.25, -0.2) is 0 Å². The second-order valence-electron chi connectivity index (χ2n) is 4.70. The molecule has 0 fully saturated rings. The second-order valence-corrected chi connectivity index (χ2v) is 6.62. The maximum absolute atomic E-state index is 11.2. The topological polar surface area (TPSA) is 29.1 Å². The van der Waals surface area contributed by atoms with E-state index >= 15 is 0 Å². The van der Waals surface area contributed by atoms with E-state index < -0.39 is 10.8 Å². The zero-order chi connectivity index (χ0) is 13.5. The van der Waals surface area contributed by atoms with E-state index in [-0.39, 0.29) is 6.04 Å². The maximum atomic E-state index is 11.2. The quantitative estimate of drug-likeness (QED) is 0.831. The van der Waals surface area contributed by atoms with E-state index in [1.807, 2.05) is 12.1 Å². The maximum Gasteiger partial charge on any atom is 0.0406 e. The van der Waals surface area contributed by atoms with Gasteiger partial charge in [0.1, 0.15) is 0 Å². The molecule has 0 saturated heterocycles. The van der Waals surface area contributed by atoms with Gasteiger partial charge in [0.25, 0.3) is 0 Å². The van der Waals surface area contributed by atoms with Gasteiger partial charge in [-0.3, -0.25) is 4.21 Å². The van der Waals surface area contributed by atoms with Gasteiger partial charge in [0.2, 0.25) is 0 Å². The van der Waals surface area contributed by atoms with Gasteiger partial charge in [-0.05, 0) is 31.0 Å². The van der Waals surface area contributed by atoms with E-state index in [9.17, 15) is 4.21 Å². The summed E-state index contributed by atoms with van der Waals surface area (Å²) in [5.41, 5.74) is 1.25. The number of rotatable bonds is 7. The molecular formula is C14H22ClNOS. The van der Waals surface area contributed by atoms with Crippen LogP contribution in [0.5, 0.6) is 0 Å². The average Bonchev–Trinajstić information content (AvgIpc) is 2.28. The van der Waals surface area contributed by atoms with E-state index in [0.717, 1.165) is 17.9 Å². The van der Waals surface area contributed by atoms with Gasteiger partial charge >= 0.3 is 0 Å². The summed E-state index contributed by atoms with van der Waals surface area (Å²) in [6, 6.07) is 8.53. The summed E-state index contributed by atoms with van der Waals surface area (Å²) in [5.74, 6) is 0.688. The molecule has 1 aromatic carbocycles. The molecule has 0 radical (unpaired) electrons. The molecule has 0 spiro atoms. The molecule has 102 valence electrons. The van der Waals surface area contributed by atoms with Crippen molar-refractivity contribution >= 4 is 22.4 Å². The van der Waals surface area contributed by atoms with Crippen molar-refractivity contribution in [3.8, 4) is 0 Å². The first-order valence-electron chi connectivity index (χ1n) is 6.34. The van der Waals surface area contributed by atoms with Crippen molar-refractivity contribution < 1.29 is 4.21 Å². The Morgan fingerprint density at radius 1 is 1.33 bits per heavy atom. The molecule has 1 N–H and O–H groups in total. The lowest BCUT2D eigenvalue weighted by Gasteiger charge is -2.23. The van der Waals surface area contributed by atoms with Crippen molar-refractivity contribution in [2.45, 2.75) is 38.8 Å². The predicted octanol–water partition coefficient (Wildman–Crippen LogP) is 3.54. The zero-order valence-corrected chi connectivity index (χ0v) is 12.9. The minimum Gasteiger partial charge on any atom is -0.307 e. The first-order chi connectivity index (χ1) is 8.52. The summed E-state index contributed by atoms with van der Waals surface area (Å²) in [6.45, 7) is 4.26. The van der Waals surface area contributed by atoms with Crippen LogP contribution in [0.25, 0.3) is 0 Å². The molecule has 3 unspecified atom stereocenters. The fraction of sp³-hybridized carbons (Fsp3) is 0.571. The number of benzene rings is 1. The van der Waals surface area contributed by atoms with Crippen LogP contribution < -0.4 is 5.32 Å². The fourth-order valence-corrected chi connectivity index (χ4v) is 3.00. The SMILES string of the molecule is CCCC(NC(C)CS(C)=O)c1ccc(Cl)cc1. The van der Waals surface area contributed by atoms with Crippen molar-refractivity contribution in [3.63, 3.8) is 0 Å². The van der Waals surface area contributed by atoms with Crippen molar-refractivity contribution in [2.75, 3.05) is 12.0 Å². The molecule has 0 heterocycles. The third-order valence-corrected chi connectivity index (χ3v) is 4.04. The van der Waals surface area contributed by atoms with Crippen LogP contribution in [-0.4, -0.2) is 22.3 Å². The Labute approximate surface area is 118 Å². The van der Waals surface area contributed by atoms with Gasteiger partial charge in [0, 0.05) is 39.9 Å². The second kappa shape index (κ2) is 7.93. The molecule has 0 bridgehead atoms. The molecule has 1 rings (SSSR count). The summed E-state index contributed by atoms with van der Waals surface area (Å²) in [6.07, 6.45) is 3.93. The molecule has 0 saturated carbocycles. The van der Waals surface area contributed by atoms with Gasteiger partial charge in [-0.15, -0.1) is 0 Å². The summed E-state index contributed by atoms with van der Waals surface area (Å²) < 4.78 is 11.2. The lowest BCUT2D eigenvalue weighted by molar-refractivity contribution is 0.450. The highest BCUT2D eigenvalue weighted by atomic mass is 35.5. The summed E-state index contributed by atoms with van der Waals surface area (Å²) >= 11 is 5.91. The lowest BCUT2D eigenvalue weighted by Crippen LogP contribution is -2.34. The number of hydrogen-bond donors (Lipinski definition) is 1. The van der Waals surface area contributed by atoms with Crippen LogP contribution in [-0.2, 0) is 10.8 Å². The Balaban J connectivity index is 2.69. The monoisotopic (exact) mass is 287 g/mol. The summed E-state index contributed by atoms with van der Waals surface area (Å²) in [4.78, 5) is 0. The van der Waals surface area contributed by atoms with E-state index in [0.29, 0.717) is 11.8 Å². The van der Waals surface area contributed by atoms with Crippen molar-refractivity contribution in [2.24, 2.45) is 0 Å². The van der Waals surface area contributed by atoms with E-state index in [1.165, 1.54) is 5.56 Å². The van der Waals surface area contributed by atoms with Crippen molar-refractivity contribution in [1.82, 2.24) is 5.32 Å². The highest BCUT2D eigenvalue weighted by Gasteiger charge is 2.14. The van der Waals surface area contributed by atoms with Crippen LogP contribution in [0.1, 0.15) is 38.3 Å². The third kappa shape index (κ3) is 5.51. The molecule has 1 aromatic rings. The third-order valence-electron chi connectivity index (χ3n) is 2.82. The van der Waals surface area contributed by atoms with Crippen LogP contribution in [0.3, 0.4) is 0 Å². The summed E-state index contributed by atoms with van der Waals surface area (Å²) in [7, 11) is -0.760. The Hall–Kier alpha value is -0.380.